The standard InChI is InChI=1S/C23H43N2Si.3CH3.Zr/c1-15-12-13-19-18(14-15)20-16-10-8-9-11-17(16)22(21(20)25(19)5)26(6,7)24-23(2,3)4;;;;/h15-22H,8-14H2,1-7H3;3*1H3;/q4*-1;+4. The fraction of sp³-hybridized carbons (Fsp3) is 0.885. The zero-order valence-electron chi connectivity index (χ0n) is 22.0. The summed E-state index contributed by atoms with van der Waals surface area (Å²) in [6, 6.07) is 1.72. The van der Waals surface area contributed by atoms with Crippen molar-refractivity contribution in [1.29, 1.82) is 0 Å². The van der Waals surface area contributed by atoms with Crippen molar-refractivity contribution in [2.24, 2.45) is 29.6 Å². The van der Waals surface area contributed by atoms with Gasteiger partial charge < -0.3 is 27.3 Å². The van der Waals surface area contributed by atoms with Crippen LogP contribution >= 0.6 is 0 Å². The molecule has 1 heterocycles. The van der Waals surface area contributed by atoms with Crippen molar-refractivity contribution in [3.05, 3.63) is 27.3 Å². The largest absolute Gasteiger partial charge is 4.00 e. The first-order valence-electron chi connectivity index (χ1n) is 11.6. The van der Waals surface area contributed by atoms with E-state index in [1.165, 1.54) is 44.9 Å². The van der Waals surface area contributed by atoms with Crippen molar-refractivity contribution in [3.63, 3.8) is 0 Å². The van der Waals surface area contributed by atoms with Gasteiger partial charge in [0.1, 0.15) is 0 Å². The fourth-order valence-corrected chi connectivity index (χ4v) is 13.0. The third-order valence-electron chi connectivity index (χ3n) is 8.64. The maximum atomic E-state index is 5.55. The SMILES string of the molecule is CC1CCC2C(C1)C1C3CCCCC3C([Si](C)(C)[N-]C(C)(C)C)C1N2C.[CH3-].[CH3-].[CH3-].[Zr+4]. The minimum Gasteiger partial charge on any atom is -0.660 e. The fourth-order valence-electron chi connectivity index (χ4n) is 8.38. The summed E-state index contributed by atoms with van der Waals surface area (Å²) in [5.74, 6) is 4.93. The molecule has 2 nitrogen and oxygen atoms in total. The molecular weight excluding hydrogens is 460 g/mol. The van der Waals surface area contributed by atoms with Crippen LogP contribution in [0.1, 0.15) is 72.6 Å². The minimum absolute atomic E-state index is 0. The van der Waals surface area contributed by atoms with Crippen molar-refractivity contribution < 1.29 is 26.2 Å². The predicted molar refractivity (Wildman–Crippen MR) is 134 cm³/mol. The smallest absolute Gasteiger partial charge is 0.660 e. The average Bonchev–Trinajstić information content (AvgIpc) is 2.99. The molecule has 4 rings (SSSR count). The molecule has 3 saturated carbocycles. The zero-order valence-corrected chi connectivity index (χ0v) is 25.4. The number of hydrogen-bond acceptors (Lipinski definition) is 1. The molecular formula is C26H52N2SiZr. The average molecular weight is 512 g/mol. The molecule has 1 saturated heterocycles. The van der Waals surface area contributed by atoms with Crippen molar-refractivity contribution in [2.45, 2.75) is 109 Å². The molecule has 0 aromatic rings. The summed E-state index contributed by atoms with van der Waals surface area (Å²) in [6.45, 7) is 14.7. The Morgan fingerprint density at radius 1 is 0.867 bits per heavy atom. The molecule has 8 atom stereocenters. The molecule has 4 fully saturated rings. The summed E-state index contributed by atoms with van der Waals surface area (Å²) >= 11 is 0. The Morgan fingerprint density at radius 2 is 1.43 bits per heavy atom. The van der Waals surface area contributed by atoms with Gasteiger partial charge in [-0.1, -0.05) is 68.3 Å². The van der Waals surface area contributed by atoms with Gasteiger partial charge >= 0.3 is 26.2 Å². The van der Waals surface area contributed by atoms with Crippen LogP contribution < -0.4 is 0 Å². The summed E-state index contributed by atoms with van der Waals surface area (Å²) in [5, 5.41) is 0. The summed E-state index contributed by atoms with van der Waals surface area (Å²) in [7, 11) is 0.865. The van der Waals surface area contributed by atoms with Gasteiger partial charge in [-0.05, 0) is 67.9 Å². The number of rotatable bonds is 2. The molecule has 4 heteroatoms. The zero-order chi connectivity index (χ0) is 18.9. The molecule has 8 unspecified atom stereocenters. The number of fused-ring (bicyclic) bond motifs is 5. The van der Waals surface area contributed by atoms with Crippen molar-refractivity contribution in [3.8, 4) is 0 Å². The van der Waals surface area contributed by atoms with Crippen LogP contribution in [0, 0.1) is 51.9 Å². The molecule has 0 bridgehead atoms. The second-order valence-electron chi connectivity index (χ2n) is 12.0. The molecule has 0 aromatic heterocycles. The molecule has 0 aromatic carbocycles. The predicted octanol–water partition coefficient (Wildman–Crippen LogP) is 7.64. The van der Waals surface area contributed by atoms with Crippen LogP contribution in [0.25, 0.3) is 4.98 Å². The summed E-state index contributed by atoms with van der Waals surface area (Å²) in [4.78, 5) is 8.47. The second-order valence-corrected chi connectivity index (χ2v) is 16.2. The quantitative estimate of drug-likeness (QED) is 0.275. The van der Waals surface area contributed by atoms with Gasteiger partial charge in [-0.3, -0.25) is 4.90 Å². The van der Waals surface area contributed by atoms with E-state index in [1.54, 1.807) is 0 Å². The Kier molecular flexibility index (Phi) is 11.3. The van der Waals surface area contributed by atoms with E-state index in [2.05, 4.69) is 52.7 Å². The maximum absolute atomic E-state index is 5.55. The molecule has 0 amide bonds. The van der Waals surface area contributed by atoms with Crippen molar-refractivity contribution >= 4 is 8.24 Å². The van der Waals surface area contributed by atoms with E-state index in [4.69, 9.17) is 4.98 Å². The molecule has 174 valence electrons. The topological polar surface area (TPSA) is 17.3 Å². The molecule has 30 heavy (non-hydrogen) atoms. The van der Waals surface area contributed by atoms with E-state index in [9.17, 15) is 0 Å². The third kappa shape index (κ3) is 5.39. The Hall–Kier alpha value is 1.02. The van der Waals surface area contributed by atoms with Crippen LogP contribution in [0.3, 0.4) is 0 Å². The van der Waals surface area contributed by atoms with E-state index in [1.807, 2.05) is 0 Å². The van der Waals surface area contributed by atoms with Gasteiger partial charge in [0.05, 0.1) is 0 Å². The van der Waals surface area contributed by atoms with E-state index in [0.717, 1.165) is 47.2 Å². The van der Waals surface area contributed by atoms with Crippen LogP contribution in [0.4, 0.5) is 0 Å². The van der Waals surface area contributed by atoms with Crippen LogP contribution in [0.5, 0.6) is 0 Å². The van der Waals surface area contributed by atoms with Gasteiger partial charge in [-0.15, -0.1) is 5.54 Å². The van der Waals surface area contributed by atoms with Gasteiger partial charge in [-0.25, -0.2) is 0 Å². The van der Waals surface area contributed by atoms with E-state index >= 15 is 0 Å². The summed E-state index contributed by atoms with van der Waals surface area (Å²) in [5.41, 5.74) is 1.01. The number of nitrogens with zero attached hydrogens (tertiary/aromatic N) is 2. The second kappa shape index (κ2) is 11.0. The number of likely N-dealkylation sites (tertiary alicyclic amines) is 1. The van der Waals surface area contributed by atoms with Crippen LogP contribution in [-0.4, -0.2) is 37.8 Å². The monoisotopic (exact) mass is 510 g/mol. The van der Waals surface area contributed by atoms with Crippen LogP contribution in [0.15, 0.2) is 0 Å². The van der Waals surface area contributed by atoms with Gasteiger partial charge in [0.25, 0.3) is 0 Å². The van der Waals surface area contributed by atoms with Crippen LogP contribution in [0.2, 0.25) is 18.6 Å². The normalized spacial score (nSPS) is 40.5. The first-order chi connectivity index (χ1) is 12.1. The van der Waals surface area contributed by atoms with Crippen molar-refractivity contribution in [2.75, 3.05) is 7.05 Å². The molecule has 3 aliphatic carbocycles. The summed E-state index contributed by atoms with van der Waals surface area (Å²) in [6.07, 6.45) is 10.4. The van der Waals surface area contributed by atoms with Crippen molar-refractivity contribution in [1.82, 2.24) is 4.90 Å². The summed E-state index contributed by atoms with van der Waals surface area (Å²) < 4.78 is 0. The van der Waals surface area contributed by atoms with Gasteiger partial charge in [0.2, 0.25) is 0 Å². The first-order valence-corrected chi connectivity index (χ1v) is 14.6. The maximum Gasteiger partial charge on any atom is 4.00 e. The van der Waals surface area contributed by atoms with Gasteiger partial charge in [0, 0.05) is 12.1 Å². The third-order valence-corrected chi connectivity index (χ3v) is 12.3. The number of hydrogen-bond donors (Lipinski definition) is 0. The molecule has 1 aliphatic heterocycles. The van der Waals surface area contributed by atoms with Gasteiger partial charge in [0.15, 0.2) is 0 Å². The Balaban J connectivity index is 0.00000210. The first kappa shape index (κ1) is 31.0. The Morgan fingerprint density at radius 3 is 2.00 bits per heavy atom. The van der Waals surface area contributed by atoms with E-state index in [-0.39, 0.29) is 54.0 Å². The van der Waals surface area contributed by atoms with E-state index < -0.39 is 8.24 Å². The molecule has 0 radical (unpaired) electrons. The minimum atomic E-state index is -1.64. The van der Waals surface area contributed by atoms with Gasteiger partial charge in [-0.2, -0.15) is 0 Å². The molecule has 0 N–H and O–H groups in total. The molecule has 0 spiro atoms. The Bertz CT molecular complexity index is 532. The molecule has 4 aliphatic rings. The Labute approximate surface area is 211 Å². The van der Waals surface area contributed by atoms with E-state index in [0.29, 0.717) is 0 Å². The van der Waals surface area contributed by atoms with Crippen LogP contribution in [-0.2, 0) is 26.2 Å².